The zero-order valence-electron chi connectivity index (χ0n) is 30.1. The number of carbonyl (C=O) groups excluding carboxylic acids is 8. The molecule has 8 amide bonds. The number of aliphatic hydroxyl groups excluding tert-OH is 3. The first-order valence-electron chi connectivity index (χ1n) is 17.2. The van der Waals surface area contributed by atoms with Crippen LogP contribution in [0.2, 0.25) is 0 Å². The molecule has 0 radical (unpaired) electrons. The van der Waals surface area contributed by atoms with Crippen LogP contribution in [0.3, 0.4) is 0 Å². The number of amides is 8. The van der Waals surface area contributed by atoms with Crippen molar-refractivity contribution in [2.24, 2.45) is 11.5 Å². The first kappa shape index (κ1) is 44.0. The van der Waals surface area contributed by atoms with Crippen LogP contribution in [-0.4, -0.2) is 137 Å². The number of aliphatic hydroxyl groups is 3. The third-order valence-corrected chi connectivity index (χ3v) is 8.18. The SMILES string of the molecule is NCC(=O)N[C@@H](CO)C(=O)NCC(=O)N[C@@H](Cc1ccccc1)C(=O)N[C@@H](CO)C(=O)N[C@@H](CO)C(=O)N[C@@H](Cc1c[nH]c2ccccc12)C(=O)NCC(N)=O. The second-order valence-corrected chi connectivity index (χ2v) is 12.3. The average Bonchev–Trinajstić information content (AvgIpc) is 3.60. The van der Waals surface area contributed by atoms with Crippen LogP contribution in [0.1, 0.15) is 11.1 Å². The van der Waals surface area contributed by atoms with Gasteiger partial charge in [0.25, 0.3) is 0 Å². The zero-order chi connectivity index (χ0) is 41.2. The molecule has 0 saturated heterocycles. The summed E-state index contributed by atoms with van der Waals surface area (Å²) < 4.78 is 0. The molecule has 3 aromatic rings. The monoisotopic (exact) mass is 782 g/mol. The molecule has 15 N–H and O–H groups in total. The molecule has 0 aliphatic carbocycles. The molecule has 0 spiro atoms. The summed E-state index contributed by atoms with van der Waals surface area (Å²) in [6, 6.07) is 8.03. The Hall–Kier alpha value is -6.42. The van der Waals surface area contributed by atoms with Crippen molar-refractivity contribution in [2.75, 3.05) is 39.5 Å². The summed E-state index contributed by atoms with van der Waals surface area (Å²) in [4.78, 5) is 104. The molecule has 5 atom stereocenters. The maximum Gasteiger partial charge on any atom is 0.245 e. The third-order valence-electron chi connectivity index (χ3n) is 8.18. The maximum atomic E-state index is 13.5. The van der Waals surface area contributed by atoms with Gasteiger partial charge in [-0.15, -0.1) is 0 Å². The summed E-state index contributed by atoms with van der Waals surface area (Å²) in [7, 11) is 0. The molecule has 0 aliphatic heterocycles. The first-order valence-corrected chi connectivity index (χ1v) is 17.2. The van der Waals surface area contributed by atoms with Gasteiger partial charge in [0, 0.05) is 29.9 Å². The minimum absolute atomic E-state index is 0.0766. The number of carbonyl (C=O) groups is 8. The van der Waals surface area contributed by atoms with Crippen molar-refractivity contribution in [2.45, 2.75) is 43.1 Å². The molecule has 3 rings (SSSR count). The van der Waals surface area contributed by atoms with Crippen LogP contribution in [0.4, 0.5) is 0 Å². The number of H-pyrrole nitrogens is 1. The molecule has 0 aliphatic rings. The van der Waals surface area contributed by atoms with E-state index in [0.29, 0.717) is 11.1 Å². The van der Waals surface area contributed by atoms with Gasteiger partial charge in [-0.25, -0.2) is 0 Å². The summed E-state index contributed by atoms with van der Waals surface area (Å²) in [6.07, 6.45) is 1.44. The van der Waals surface area contributed by atoms with Crippen LogP contribution in [0.25, 0.3) is 10.9 Å². The molecule has 0 fully saturated rings. The van der Waals surface area contributed by atoms with Gasteiger partial charge in [-0.3, -0.25) is 38.4 Å². The molecule has 1 aromatic heterocycles. The van der Waals surface area contributed by atoms with Gasteiger partial charge in [0.1, 0.15) is 30.2 Å². The molecule has 0 unspecified atom stereocenters. The van der Waals surface area contributed by atoms with Crippen LogP contribution < -0.4 is 48.7 Å². The Labute approximate surface area is 319 Å². The number of benzene rings is 2. The average molecular weight is 783 g/mol. The highest BCUT2D eigenvalue weighted by Gasteiger charge is 2.32. The van der Waals surface area contributed by atoms with Gasteiger partial charge in [-0.1, -0.05) is 48.5 Å². The van der Waals surface area contributed by atoms with E-state index < -0.39 is 117 Å². The lowest BCUT2D eigenvalue weighted by atomic mass is 10.0. The standard InChI is InChI=1S/C35H46N10O11/c36-12-29(50)42-25(16-46)32(53)40-15-30(51)41-23(10-19-6-2-1-3-7-19)33(54)44-27(18-48)35(56)45-26(17-47)34(55)43-24(31(52)39-14-28(37)49)11-20-13-38-22-9-5-4-8-21(20)22/h1-9,13,23-27,38,46-48H,10-12,14-18,36H2,(H2,37,49)(H,39,52)(H,40,53)(H,41,51)(H,42,50)(H,43,55)(H,44,54)(H,45,56)/t23-,24-,25-,26-,27-/m0/s1. The van der Waals surface area contributed by atoms with Crippen LogP contribution in [0.5, 0.6) is 0 Å². The topological polar surface area (TPSA) is 349 Å². The van der Waals surface area contributed by atoms with Gasteiger partial charge in [0.05, 0.1) is 39.5 Å². The highest BCUT2D eigenvalue weighted by molar-refractivity contribution is 5.97. The van der Waals surface area contributed by atoms with Gasteiger partial charge in [0.15, 0.2) is 0 Å². The molecule has 21 heteroatoms. The number of rotatable bonds is 22. The van der Waals surface area contributed by atoms with Crippen LogP contribution in [-0.2, 0) is 51.2 Å². The van der Waals surface area contributed by atoms with E-state index >= 15 is 0 Å². The van der Waals surface area contributed by atoms with Crippen LogP contribution in [0, 0.1) is 0 Å². The molecule has 0 bridgehead atoms. The molecular weight excluding hydrogens is 736 g/mol. The largest absolute Gasteiger partial charge is 0.394 e. The molecule has 56 heavy (non-hydrogen) atoms. The highest BCUT2D eigenvalue weighted by atomic mass is 16.3. The quantitative estimate of drug-likeness (QED) is 0.0453. The Kier molecular flexibility index (Phi) is 17.3. The summed E-state index contributed by atoms with van der Waals surface area (Å²) in [6.45, 7) is -4.43. The minimum Gasteiger partial charge on any atom is -0.394 e. The van der Waals surface area contributed by atoms with Crippen molar-refractivity contribution < 1.29 is 53.7 Å². The van der Waals surface area contributed by atoms with Gasteiger partial charge < -0.3 is 69.0 Å². The van der Waals surface area contributed by atoms with E-state index in [1.807, 2.05) is 0 Å². The Bertz CT molecular complexity index is 1860. The highest BCUT2D eigenvalue weighted by Crippen LogP contribution is 2.19. The fraction of sp³-hybridized carbons (Fsp3) is 0.371. The molecular formula is C35H46N10O11. The minimum atomic E-state index is -1.71. The van der Waals surface area contributed by atoms with E-state index in [0.717, 1.165) is 10.9 Å². The number of fused-ring (bicyclic) bond motifs is 1. The Morgan fingerprint density at radius 3 is 1.64 bits per heavy atom. The second kappa shape index (κ2) is 22.1. The van der Waals surface area contributed by atoms with Gasteiger partial charge in [-0.2, -0.15) is 0 Å². The number of para-hydroxylation sites is 1. The van der Waals surface area contributed by atoms with Crippen molar-refractivity contribution >= 4 is 58.2 Å². The predicted octanol–water partition coefficient (Wildman–Crippen LogP) is -5.97. The Morgan fingerprint density at radius 1 is 0.571 bits per heavy atom. The molecule has 1 heterocycles. The molecule has 21 nitrogen and oxygen atoms in total. The van der Waals surface area contributed by atoms with E-state index in [1.54, 1.807) is 60.8 Å². The third kappa shape index (κ3) is 13.5. The van der Waals surface area contributed by atoms with Crippen molar-refractivity contribution in [3.05, 3.63) is 71.9 Å². The smallest absolute Gasteiger partial charge is 0.245 e. The first-order chi connectivity index (χ1) is 26.8. The lowest BCUT2D eigenvalue weighted by molar-refractivity contribution is -0.136. The van der Waals surface area contributed by atoms with Gasteiger partial charge >= 0.3 is 0 Å². The number of hydrogen-bond acceptors (Lipinski definition) is 12. The van der Waals surface area contributed by atoms with E-state index in [2.05, 4.69) is 42.2 Å². The molecule has 302 valence electrons. The van der Waals surface area contributed by atoms with E-state index in [1.165, 1.54) is 0 Å². The number of aromatic nitrogens is 1. The normalized spacial score (nSPS) is 13.5. The summed E-state index contributed by atoms with van der Waals surface area (Å²) in [5, 5.41) is 46.4. The number of primary amides is 1. The van der Waals surface area contributed by atoms with Crippen molar-refractivity contribution in [3.63, 3.8) is 0 Å². The van der Waals surface area contributed by atoms with Gasteiger partial charge in [0.2, 0.25) is 47.3 Å². The number of nitrogens with two attached hydrogens (primary N) is 2. The number of nitrogens with one attached hydrogen (secondary N) is 8. The lowest BCUT2D eigenvalue weighted by Gasteiger charge is -2.25. The van der Waals surface area contributed by atoms with Crippen LogP contribution in [0.15, 0.2) is 60.8 Å². The predicted molar refractivity (Wildman–Crippen MR) is 197 cm³/mol. The van der Waals surface area contributed by atoms with Crippen molar-refractivity contribution in [1.82, 2.24) is 42.2 Å². The van der Waals surface area contributed by atoms with Crippen molar-refractivity contribution in [1.29, 1.82) is 0 Å². The fourth-order valence-electron chi connectivity index (χ4n) is 5.27. The van der Waals surface area contributed by atoms with E-state index in [4.69, 9.17) is 11.5 Å². The Morgan fingerprint density at radius 2 is 1.05 bits per heavy atom. The molecule has 0 saturated carbocycles. The summed E-state index contributed by atoms with van der Waals surface area (Å²) >= 11 is 0. The zero-order valence-corrected chi connectivity index (χ0v) is 30.1. The second-order valence-electron chi connectivity index (χ2n) is 12.3. The van der Waals surface area contributed by atoms with E-state index in [9.17, 15) is 53.7 Å². The van der Waals surface area contributed by atoms with E-state index in [-0.39, 0.29) is 12.8 Å². The summed E-state index contributed by atoms with van der Waals surface area (Å²) in [5.74, 6) is -7.24. The maximum absolute atomic E-state index is 13.5. The summed E-state index contributed by atoms with van der Waals surface area (Å²) in [5.41, 5.74) is 12.3. The van der Waals surface area contributed by atoms with Crippen LogP contribution >= 0.6 is 0 Å². The number of hydrogen-bond donors (Lipinski definition) is 13. The molecule has 2 aromatic carbocycles. The van der Waals surface area contributed by atoms with Crippen molar-refractivity contribution in [3.8, 4) is 0 Å². The number of aromatic amines is 1. The van der Waals surface area contributed by atoms with Gasteiger partial charge in [-0.05, 0) is 17.2 Å². The fourth-order valence-corrected chi connectivity index (χ4v) is 5.27. The Balaban J connectivity index is 1.70. The lowest BCUT2D eigenvalue weighted by Crippen LogP contribution is -2.60.